The number of esters is 1. The number of fused-ring (bicyclic) bond motifs is 1. The maximum Gasteiger partial charge on any atom is 0.354 e. The van der Waals surface area contributed by atoms with E-state index in [0.29, 0.717) is 5.69 Å². The second kappa shape index (κ2) is 7.25. The summed E-state index contributed by atoms with van der Waals surface area (Å²) in [7, 11) is -2.14. The summed E-state index contributed by atoms with van der Waals surface area (Å²) in [4.78, 5) is 12.6. The molecule has 0 aliphatic carbocycles. The van der Waals surface area contributed by atoms with Gasteiger partial charge in [-0.3, -0.25) is 0 Å². The molecule has 0 aliphatic heterocycles. The number of hydrogen-bond acceptors (Lipinski definition) is 4. The first-order valence-corrected chi connectivity index (χ1v) is 10.4. The molecular weight excluding hydrogens is 418 g/mol. The van der Waals surface area contributed by atoms with Crippen LogP contribution >= 0.6 is 15.9 Å². The Morgan fingerprint density at radius 3 is 2.50 bits per heavy atom. The fourth-order valence-corrected chi connectivity index (χ4v) is 4.64. The Morgan fingerprint density at radius 2 is 1.85 bits per heavy atom. The Bertz CT molecular complexity index is 1070. The molecule has 0 radical (unpaired) electrons. The number of benzene rings is 2. The molecule has 0 spiro atoms. The van der Waals surface area contributed by atoms with Crippen molar-refractivity contribution >= 4 is 42.6 Å². The van der Waals surface area contributed by atoms with E-state index in [4.69, 9.17) is 4.74 Å². The van der Waals surface area contributed by atoms with Crippen molar-refractivity contribution in [1.82, 2.24) is 4.57 Å². The van der Waals surface area contributed by atoms with Crippen LogP contribution in [0.1, 0.15) is 16.1 Å². The first-order valence-electron chi connectivity index (χ1n) is 7.99. The highest BCUT2D eigenvalue weighted by atomic mass is 79.9. The van der Waals surface area contributed by atoms with Crippen LogP contribution in [-0.4, -0.2) is 31.8 Å². The zero-order valence-electron chi connectivity index (χ0n) is 14.4. The second-order valence-electron chi connectivity index (χ2n) is 5.91. The zero-order chi connectivity index (χ0) is 18.9. The Kier molecular flexibility index (Phi) is 5.20. The van der Waals surface area contributed by atoms with E-state index in [-0.39, 0.29) is 17.2 Å². The standard InChI is InChI=1S/C19H18BrNO4S/c1-13-16-12-14(20)8-9-17(16)21(18(13)19(22)25-2)10-11-26(23,24)15-6-4-3-5-7-15/h3-9,12H,10-11H2,1-2H3. The van der Waals surface area contributed by atoms with Gasteiger partial charge in [0.15, 0.2) is 9.84 Å². The lowest BCUT2D eigenvalue weighted by Gasteiger charge is -2.11. The van der Waals surface area contributed by atoms with Gasteiger partial charge in [-0.1, -0.05) is 34.1 Å². The molecule has 136 valence electrons. The van der Waals surface area contributed by atoms with Gasteiger partial charge in [-0.25, -0.2) is 13.2 Å². The van der Waals surface area contributed by atoms with Crippen molar-refractivity contribution in [3.8, 4) is 0 Å². The molecule has 0 bridgehead atoms. The van der Waals surface area contributed by atoms with E-state index < -0.39 is 15.8 Å². The van der Waals surface area contributed by atoms with Gasteiger partial charge in [-0.15, -0.1) is 0 Å². The quantitative estimate of drug-likeness (QED) is 0.568. The molecule has 0 saturated heterocycles. The summed E-state index contributed by atoms with van der Waals surface area (Å²) in [5, 5.41) is 0.886. The van der Waals surface area contributed by atoms with Gasteiger partial charge in [-0.2, -0.15) is 0 Å². The Hall–Kier alpha value is -2.12. The minimum atomic E-state index is -3.46. The number of aromatic nitrogens is 1. The maximum absolute atomic E-state index is 12.6. The Balaban J connectivity index is 2.06. The lowest BCUT2D eigenvalue weighted by atomic mass is 10.1. The van der Waals surface area contributed by atoms with Gasteiger partial charge in [0.2, 0.25) is 0 Å². The summed E-state index contributed by atoms with van der Waals surface area (Å²) in [6.07, 6.45) is 0. The molecular formula is C19H18BrNO4S. The molecule has 0 fully saturated rings. The number of methoxy groups -OCH3 is 1. The van der Waals surface area contributed by atoms with Gasteiger partial charge in [-0.05, 0) is 42.8 Å². The summed E-state index contributed by atoms with van der Waals surface area (Å²) < 4.78 is 32.8. The predicted molar refractivity (Wildman–Crippen MR) is 104 cm³/mol. The largest absolute Gasteiger partial charge is 0.464 e. The van der Waals surface area contributed by atoms with Crippen molar-refractivity contribution in [3.05, 3.63) is 64.3 Å². The van der Waals surface area contributed by atoms with E-state index in [1.54, 1.807) is 34.9 Å². The summed E-state index contributed by atoms with van der Waals surface area (Å²) in [6, 6.07) is 14.0. The Morgan fingerprint density at radius 1 is 1.15 bits per heavy atom. The fourth-order valence-electron chi connectivity index (χ4n) is 3.04. The van der Waals surface area contributed by atoms with Crippen molar-refractivity contribution in [3.63, 3.8) is 0 Å². The number of rotatable bonds is 5. The highest BCUT2D eigenvalue weighted by Gasteiger charge is 2.23. The molecule has 1 aromatic heterocycles. The number of halogens is 1. The third-order valence-electron chi connectivity index (χ3n) is 4.34. The van der Waals surface area contributed by atoms with Crippen LogP contribution < -0.4 is 0 Å². The number of carbonyl (C=O) groups is 1. The number of nitrogens with zero attached hydrogens (tertiary/aromatic N) is 1. The number of hydrogen-bond donors (Lipinski definition) is 0. The minimum Gasteiger partial charge on any atom is -0.464 e. The molecule has 5 nitrogen and oxygen atoms in total. The molecule has 0 amide bonds. The van der Waals surface area contributed by atoms with Gasteiger partial charge in [0.25, 0.3) is 0 Å². The SMILES string of the molecule is COC(=O)c1c(C)c2cc(Br)ccc2n1CCS(=O)(=O)c1ccccc1. The summed E-state index contributed by atoms with van der Waals surface area (Å²) in [5.41, 5.74) is 1.95. The number of carbonyl (C=O) groups excluding carboxylic acids is 1. The smallest absolute Gasteiger partial charge is 0.354 e. The fraction of sp³-hybridized carbons (Fsp3) is 0.211. The topological polar surface area (TPSA) is 65.4 Å². The van der Waals surface area contributed by atoms with Gasteiger partial charge in [0, 0.05) is 21.9 Å². The molecule has 1 heterocycles. The Labute approximate surface area is 160 Å². The van der Waals surface area contributed by atoms with Crippen LogP contribution in [-0.2, 0) is 21.1 Å². The van der Waals surface area contributed by atoms with E-state index in [2.05, 4.69) is 15.9 Å². The van der Waals surface area contributed by atoms with E-state index in [0.717, 1.165) is 20.9 Å². The van der Waals surface area contributed by atoms with Crippen molar-refractivity contribution in [2.75, 3.05) is 12.9 Å². The van der Waals surface area contributed by atoms with Crippen molar-refractivity contribution in [2.45, 2.75) is 18.4 Å². The first-order chi connectivity index (χ1) is 12.3. The van der Waals surface area contributed by atoms with Crippen LogP contribution in [0.2, 0.25) is 0 Å². The van der Waals surface area contributed by atoms with E-state index in [1.165, 1.54) is 7.11 Å². The predicted octanol–water partition coefficient (Wildman–Crippen LogP) is 3.97. The number of aryl methyl sites for hydroxylation is 2. The van der Waals surface area contributed by atoms with Crippen LogP contribution in [0.3, 0.4) is 0 Å². The monoisotopic (exact) mass is 435 g/mol. The first kappa shape index (κ1) is 18.7. The van der Waals surface area contributed by atoms with Gasteiger partial charge in [0.05, 0.1) is 17.8 Å². The molecule has 3 rings (SSSR count). The lowest BCUT2D eigenvalue weighted by molar-refractivity contribution is 0.0588. The molecule has 0 N–H and O–H groups in total. The van der Waals surface area contributed by atoms with Crippen LogP contribution in [0.5, 0.6) is 0 Å². The van der Waals surface area contributed by atoms with Crippen molar-refractivity contribution in [1.29, 1.82) is 0 Å². The summed E-state index contributed by atoms with van der Waals surface area (Å²) >= 11 is 3.43. The van der Waals surface area contributed by atoms with Gasteiger partial charge in [0.1, 0.15) is 5.69 Å². The normalized spacial score (nSPS) is 11.7. The molecule has 0 unspecified atom stereocenters. The molecule has 7 heteroatoms. The molecule has 0 aliphatic rings. The van der Waals surface area contributed by atoms with E-state index >= 15 is 0 Å². The average Bonchev–Trinajstić information content (AvgIpc) is 2.91. The van der Waals surface area contributed by atoms with Crippen LogP contribution in [0.4, 0.5) is 0 Å². The summed E-state index contributed by atoms with van der Waals surface area (Å²) in [6.45, 7) is 2.00. The van der Waals surface area contributed by atoms with E-state index in [9.17, 15) is 13.2 Å². The van der Waals surface area contributed by atoms with Crippen LogP contribution in [0.15, 0.2) is 57.9 Å². The highest BCUT2D eigenvalue weighted by Crippen LogP contribution is 2.29. The summed E-state index contributed by atoms with van der Waals surface area (Å²) in [5.74, 6) is -0.591. The van der Waals surface area contributed by atoms with Gasteiger partial charge >= 0.3 is 5.97 Å². The maximum atomic E-state index is 12.6. The van der Waals surface area contributed by atoms with E-state index in [1.807, 2.05) is 25.1 Å². The average molecular weight is 436 g/mol. The van der Waals surface area contributed by atoms with Crippen LogP contribution in [0.25, 0.3) is 10.9 Å². The second-order valence-corrected chi connectivity index (χ2v) is 8.94. The molecule has 0 atom stereocenters. The lowest BCUT2D eigenvalue weighted by Crippen LogP contribution is -2.18. The number of ether oxygens (including phenoxy) is 1. The van der Waals surface area contributed by atoms with Crippen molar-refractivity contribution < 1.29 is 17.9 Å². The minimum absolute atomic E-state index is 0.111. The molecule has 0 saturated carbocycles. The number of sulfone groups is 1. The highest BCUT2D eigenvalue weighted by molar-refractivity contribution is 9.10. The molecule has 3 aromatic rings. The van der Waals surface area contributed by atoms with Crippen LogP contribution in [0, 0.1) is 6.92 Å². The van der Waals surface area contributed by atoms with Gasteiger partial charge < -0.3 is 9.30 Å². The van der Waals surface area contributed by atoms with Crippen molar-refractivity contribution in [2.24, 2.45) is 0 Å². The molecule has 2 aromatic carbocycles. The zero-order valence-corrected chi connectivity index (χ0v) is 16.8. The molecule has 26 heavy (non-hydrogen) atoms. The third kappa shape index (κ3) is 3.41. The third-order valence-corrected chi connectivity index (χ3v) is 6.55.